The van der Waals surface area contributed by atoms with Gasteiger partial charge in [-0.3, -0.25) is 57.7 Å². The van der Waals surface area contributed by atoms with Crippen molar-refractivity contribution < 1.29 is 90.7 Å². The van der Waals surface area contributed by atoms with E-state index >= 15 is 0 Å². The zero-order chi connectivity index (χ0) is 82.6. The van der Waals surface area contributed by atoms with Gasteiger partial charge in [0.1, 0.15) is 35.8 Å². The van der Waals surface area contributed by atoms with Crippen LogP contribution in [0.3, 0.4) is 0 Å². The highest BCUT2D eigenvalue weighted by atomic mass is 32.1. The van der Waals surface area contributed by atoms with Gasteiger partial charge in [-0.25, -0.2) is 14.6 Å². The summed E-state index contributed by atoms with van der Waals surface area (Å²) in [6.07, 6.45) is 2.11. The van der Waals surface area contributed by atoms with Crippen molar-refractivity contribution in [1.29, 1.82) is 0 Å². The minimum absolute atomic E-state index is 0.00557. The van der Waals surface area contributed by atoms with Crippen LogP contribution >= 0.6 is 24.0 Å². The van der Waals surface area contributed by atoms with Crippen molar-refractivity contribution in [3.8, 4) is 0 Å². The average Bonchev–Trinajstić information content (AvgIpc) is 1.32. The van der Waals surface area contributed by atoms with Crippen LogP contribution in [0, 0.1) is 29.6 Å². The van der Waals surface area contributed by atoms with E-state index in [9.17, 15) is 57.5 Å². The molecule has 624 valence electrons. The van der Waals surface area contributed by atoms with E-state index in [2.05, 4.69) is 54.8 Å². The lowest BCUT2D eigenvalue weighted by Crippen LogP contribution is -2.60. The molecule has 1 unspecified atom stereocenters. The van der Waals surface area contributed by atoms with Crippen LogP contribution in [0.5, 0.6) is 0 Å². The number of thiol groups is 1. The number of likely N-dealkylation sites (tertiary alicyclic amines) is 2. The molecule has 2 aromatic carbocycles. The number of thiazole rings is 1. The number of ether oxygens (including phenoxy) is 7. The van der Waals surface area contributed by atoms with Crippen LogP contribution in [0.15, 0.2) is 66.2 Å². The van der Waals surface area contributed by atoms with Gasteiger partial charge in [0.15, 0.2) is 0 Å². The van der Waals surface area contributed by atoms with Gasteiger partial charge in [0.25, 0.3) is 0 Å². The lowest BCUT2D eigenvalue weighted by Gasteiger charge is -2.41. The summed E-state index contributed by atoms with van der Waals surface area (Å²) in [5, 5.41) is 21.6. The van der Waals surface area contributed by atoms with Crippen molar-refractivity contribution >= 4 is 101 Å². The number of methoxy groups -OCH3 is 2. The number of carbonyl (C=O) groups excluding carboxylic acids is 12. The molecule has 1 aromatic heterocycles. The molecule has 3 heterocycles. The average molecular weight is 1610 g/mol. The van der Waals surface area contributed by atoms with Crippen molar-refractivity contribution in [2.75, 3.05) is 113 Å². The number of carbonyl (C=O) groups is 12. The maximum absolute atomic E-state index is 14.9. The van der Waals surface area contributed by atoms with E-state index in [4.69, 9.17) is 38.9 Å². The first-order valence-electron chi connectivity index (χ1n) is 38.6. The van der Waals surface area contributed by atoms with Gasteiger partial charge in [-0.15, -0.1) is 11.3 Å². The summed E-state index contributed by atoms with van der Waals surface area (Å²) in [6, 6.07) is 9.74. The van der Waals surface area contributed by atoms with Gasteiger partial charge >= 0.3 is 12.1 Å². The molecule has 2 aliphatic rings. The Hall–Kier alpha value is -8.38. The molecule has 0 saturated carbocycles. The highest BCUT2D eigenvalue weighted by molar-refractivity contribution is 7.81. The zero-order valence-electron chi connectivity index (χ0n) is 67.2. The summed E-state index contributed by atoms with van der Waals surface area (Å²) in [5.41, 5.74) is 7.17. The van der Waals surface area contributed by atoms with E-state index in [0.717, 1.165) is 15.5 Å². The fourth-order valence-corrected chi connectivity index (χ4v) is 14.4. The molecular formula is C78H121N13O19S2. The number of likely N-dealkylation sites (N-methyl/N-ethyl adjacent to an activating group) is 2. The monoisotopic (exact) mass is 1610 g/mol. The number of anilines is 1. The molecule has 0 radical (unpaired) electrons. The summed E-state index contributed by atoms with van der Waals surface area (Å²) in [7, 11) is 6.15. The second kappa shape index (κ2) is 49.3. The third-order valence-corrected chi connectivity index (χ3v) is 21.1. The Morgan fingerprint density at radius 3 is 1.90 bits per heavy atom. The van der Waals surface area contributed by atoms with Crippen molar-refractivity contribution in [1.82, 2.24) is 56.5 Å². The first-order chi connectivity index (χ1) is 53.4. The maximum atomic E-state index is 14.9. The van der Waals surface area contributed by atoms with Crippen LogP contribution in [0.1, 0.15) is 142 Å². The number of rotatable bonds is 51. The SMILES string of the molecule is CC[C@H](C)[C@@H]([C@@H](CC(=O)N1CCC[C@H]1[C@H](OC)[C@@H](C)C(=O)N[C@@H](Cc1ccccc1)c1nccs1)OC)N(C)C(=O)[C@@H](NC(=O)[C@H](C(C)C)N(C)C(=O)OCc1ccc(NC(=O)[C@H](CCCNC(N)=O)NC(=O)[C@@H](NC(=O)CCOCCOCCOCCOCCNC(=O)CCN2C(=O)CC(S)C2=O)C(C)C)cc1)C(C)C. The number of aromatic nitrogens is 1. The molecule has 0 aliphatic carbocycles. The molecule has 12 atom stereocenters. The molecule has 112 heavy (non-hydrogen) atoms. The third-order valence-electron chi connectivity index (χ3n) is 19.8. The molecule has 0 spiro atoms. The van der Waals surface area contributed by atoms with Crippen LogP contribution in [-0.2, 0) is 94.1 Å². The zero-order valence-corrected chi connectivity index (χ0v) is 68.9. The van der Waals surface area contributed by atoms with E-state index in [-0.39, 0.29) is 153 Å². The van der Waals surface area contributed by atoms with Crippen molar-refractivity contribution in [3.63, 3.8) is 0 Å². The topological polar surface area (TPSA) is 406 Å². The first kappa shape index (κ1) is 94.2. The summed E-state index contributed by atoms with van der Waals surface area (Å²) >= 11 is 5.54. The Kier molecular flexibility index (Phi) is 41.5. The Morgan fingerprint density at radius 2 is 1.33 bits per heavy atom. The molecule has 34 heteroatoms. The highest BCUT2D eigenvalue weighted by Crippen LogP contribution is 2.31. The van der Waals surface area contributed by atoms with E-state index < -0.39 is 125 Å². The molecule has 9 N–H and O–H groups in total. The number of nitrogens with zero attached hydrogens (tertiary/aromatic N) is 5. The highest BCUT2D eigenvalue weighted by Gasteiger charge is 2.45. The Morgan fingerprint density at radius 1 is 0.688 bits per heavy atom. The normalized spacial score (nSPS) is 17.0. The third kappa shape index (κ3) is 30.5. The molecule has 5 rings (SSSR count). The molecule has 13 amide bonds. The second-order valence-electron chi connectivity index (χ2n) is 29.2. The van der Waals surface area contributed by atoms with Gasteiger partial charge in [0.2, 0.25) is 59.1 Å². The van der Waals surface area contributed by atoms with Crippen LogP contribution in [-0.4, -0.2) is 257 Å². The smallest absolute Gasteiger partial charge is 0.410 e. The van der Waals surface area contributed by atoms with Gasteiger partial charge in [0, 0.05) is 91.0 Å². The number of nitrogens with one attached hydrogen (secondary N) is 7. The summed E-state index contributed by atoms with van der Waals surface area (Å²) in [5.74, 6) is -6.29. The van der Waals surface area contributed by atoms with Crippen molar-refractivity contribution in [2.24, 2.45) is 35.3 Å². The lowest BCUT2D eigenvalue weighted by molar-refractivity contribution is -0.148. The number of imide groups is 1. The van der Waals surface area contributed by atoms with Gasteiger partial charge in [-0.2, -0.15) is 12.6 Å². The van der Waals surface area contributed by atoms with E-state index in [0.29, 0.717) is 43.5 Å². The quantitative estimate of drug-likeness (QED) is 0.0205. The number of benzene rings is 2. The number of nitrogens with two attached hydrogens (primary N) is 1. The minimum atomic E-state index is -1.13. The lowest BCUT2D eigenvalue weighted by atomic mass is 9.89. The van der Waals surface area contributed by atoms with E-state index in [1.54, 1.807) is 96.0 Å². The minimum Gasteiger partial charge on any atom is -0.445 e. The predicted octanol–water partition coefficient (Wildman–Crippen LogP) is 4.93. The summed E-state index contributed by atoms with van der Waals surface area (Å²) < 4.78 is 40.0. The molecular weight excluding hydrogens is 1490 g/mol. The number of hydrogen-bond donors (Lipinski definition) is 9. The standard InChI is InChI=1S/C78H121N13O19S2/c1-14-51(8)68(59(104-12)45-63(94)90-33-19-23-58(90)69(105-13)52(9)70(96)85-57(74-81-32-43-112-74)44-53-20-16-15-17-21-53)88(10)76(101)66(49(4)5)87-73(99)67(50(6)7)89(11)78(103)110-47-54-24-26-55(27-25-54)83-71(97)56(22-18-30-82-77(79)102)84-72(98)65(48(2)3)86-62(93)29-35-106-37-39-108-41-42-109-40-38-107-36-31-80-61(92)28-34-91-64(95)46-60(111)75(91)100/h15-17,20-21,24-27,32,43,48-52,56-60,65-69,111H,14,18-19,22-23,28-31,33-42,44-47H2,1-13H3,(H,80,92)(H,83,97)(H,84,98)(H,85,96)(H,86,93)(H,87,99)(H3,79,82,102)/t51-,52+,56-,57-,58-,59+,60?,65-,66-,67-,68-,69+/m0/s1. The first-order valence-corrected chi connectivity index (χ1v) is 40.0. The largest absolute Gasteiger partial charge is 0.445 e. The molecule has 0 bridgehead atoms. The fraction of sp³-hybridized carbons (Fsp3) is 0.654. The van der Waals surface area contributed by atoms with E-state index in [1.807, 2.05) is 56.5 Å². The van der Waals surface area contributed by atoms with Gasteiger partial charge in [-0.05, 0) is 79.0 Å². The van der Waals surface area contributed by atoms with Crippen molar-refractivity contribution in [2.45, 2.75) is 193 Å². The van der Waals surface area contributed by atoms with Crippen LogP contribution < -0.4 is 43.0 Å². The Labute approximate surface area is 668 Å². The summed E-state index contributed by atoms with van der Waals surface area (Å²) in [4.78, 5) is 170. The Balaban J connectivity index is 1.08. The Bertz CT molecular complexity index is 3470. The fourth-order valence-electron chi connectivity index (χ4n) is 13.5. The summed E-state index contributed by atoms with van der Waals surface area (Å²) in [6.45, 7) is 18.8. The van der Waals surface area contributed by atoms with E-state index in [1.165, 1.54) is 30.4 Å². The van der Waals surface area contributed by atoms with Crippen molar-refractivity contribution in [3.05, 3.63) is 82.3 Å². The number of amides is 13. The van der Waals surface area contributed by atoms with Crippen LogP contribution in [0.2, 0.25) is 0 Å². The van der Waals surface area contributed by atoms with Crippen LogP contribution in [0.25, 0.3) is 0 Å². The van der Waals surface area contributed by atoms with Gasteiger partial charge in [0.05, 0.1) is 101 Å². The van der Waals surface area contributed by atoms with Crippen LogP contribution in [0.4, 0.5) is 15.3 Å². The molecule has 3 aromatic rings. The molecule has 32 nitrogen and oxygen atoms in total. The maximum Gasteiger partial charge on any atom is 0.410 e. The number of hydrogen-bond acceptors (Lipinski definition) is 22. The number of primary amides is 1. The predicted molar refractivity (Wildman–Crippen MR) is 423 cm³/mol. The van der Waals surface area contributed by atoms with Gasteiger partial charge < -0.3 is 85.9 Å². The second-order valence-corrected chi connectivity index (χ2v) is 30.7. The molecule has 2 fully saturated rings. The number of urea groups is 1. The molecule has 2 aliphatic heterocycles. The molecule has 2 saturated heterocycles. The van der Waals surface area contributed by atoms with Gasteiger partial charge in [-0.1, -0.05) is 111 Å².